The predicted molar refractivity (Wildman–Crippen MR) is 100.0 cm³/mol. The molecule has 1 aromatic carbocycles. The van der Waals surface area contributed by atoms with Crippen molar-refractivity contribution in [2.45, 2.75) is 31.8 Å². The molecular formula is C17H16ClN5O3S. The van der Waals surface area contributed by atoms with Crippen molar-refractivity contribution in [3.05, 3.63) is 39.9 Å². The lowest BCUT2D eigenvalue weighted by molar-refractivity contribution is -0.120. The number of anilines is 1. The van der Waals surface area contributed by atoms with E-state index >= 15 is 0 Å². The molecule has 0 radical (unpaired) electrons. The van der Waals surface area contributed by atoms with E-state index in [0.717, 1.165) is 11.5 Å². The Morgan fingerprint density at radius 2 is 2.04 bits per heavy atom. The third-order valence-corrected chi connectivity index (χ3v) is 5.90. The third-order valence-electron chi connectivity index (χ3n) is 4.82. The van der Waals surface area contributed by atoms with Crippen molar-refractivity contribution in [3.63, 3.8) is 0 Å². The topological polar surface area (TPSA) is 95.5 Å². The van der Waals surface area contributed by atoms with Gasteiger partial charge in [-0.25, -0.2) is 9.69 Å². The maximum absolute atomic E-state index is 12.8. The second kappa shape index (κ2) is 6.90. The van der Waals surface area contributed by atoms with Gasteiger partial charge in [-0.3, -0.25) is 9.59 Å². The highest BCUT2D eigenvalue weighted by Gasteiger charge is 2.48. The van der Waals surface area contributed by atoms with Crippen molar-refractivity contribution in [1.29, 1.82) is 0 Å². The molecule has 0 spiro atoms. The average Bonchev–Trinajstić information content (AvgIpc) is 3.18. The van der Waals surface area contributed by atoms with Crippen molar-refractivity contribution in [2.75, 3.05) is 11.4 Å². The molecule has 1 aromatic heterocycles. The van der Waals surface area contributed by atoms with Crippen LogP contribution in [0.3, 0.4) is 0 Å². The number of aryl methyl sites for hydroxylation is 1. The van der Waals surface area contributed by atoms with Crippen LogP contribution < -0.4 is 10.2 Å². The van der Waals surface area contributed by atoms with Gasteiger partial charge in [0, 0.05) is 17.6 Å². The van der Waals surface area contributed by atoms with Gasteiger partial charge in [-0.2, -0.15) is 0 Å². The number of urea groups is 1. The van der Waals surface area contributed by atoms with E-state index in [1.807, 2.05) is 0 Å². The number of carbonyl (C=O) groups excluding carboxylic acids is 3. The Morgan fingerprint density at radius 1 is 1.30 bits per heavy atom. The maximum atomic E-state index is 12.8. The van der Waals surface area contributed by atoms with Gasteiger partial charge in [0.15, 0.2) is 0 Å². The number of hydrogen-bond donors (Lipinski definition) is 1. The van der Waals surface area contributed by atoms with E-state index < -0.39 is 6.04 Å². The van der Waals surface area contributed by atoms with E-state index in [4.69, 9.17) is 11.6 Å². The summed E-state index contributed by atoms with van der Waals surface area (Å²) in [7, 11) is 0. The lowest BCUT2D eigenvalue weighted by Crippen LogP contribution is -2.49. The lowest BCUT2D eigenvalue weighted by Gasteiger charge is -2.32. The summed E-state index contributed by atoms with van der Waals surface area (Å²) in [6, 6.07) is 5.48. The van der Waals surface area contributed by atoms with Gasteiger partial charge in [0.2, 0.25) is 0 Å². The Hall–Kier alpha value is -2.52. The van der Waals surface area contributed by atoms with E-state index in [2.05, 4.69) is 14.9 Å². The molecule has 0 aliphatic carbocycles. The second-order valence-corrected chi connectivity index (χ2v) is 7.71. The number of nitrogens with one attached hydrogen (secondary N) is 1. The van der Waals surface area contributed by atoms with Crippen LogP contribution in [0.2, 0.25) is 5.02 Å². The zero-order valence-electron chi connectivity index (χ0n) is 14.4. The van der Waals surface area contributed by atoms with Crippen LogP contribution in [-0.2, 0) is 4.79 Å². The first-order chi connectivity index (χ1) is 13.0. The highest BCUT2D eigenvalue weighted by Crippen LogP contribution is 2.31. The molecule has 0 bridgehead atoms. The third kappa shape index (κ3) is 3.17. The van der Waals surface area contributed by atoms with Gasteiger partial charge in [0.1, 0.15) is 10.9 Å². The number of nitrogens with zero attached hydrogens (tertiary/aromatic N) is 4. The van der Waals surface area contributed by atoms with E-state index in [1.165, 1.54) is 4.90 Å². The van der Waals surface area contributed by atoms with Gasteiger partial charge in [0.25, 0.3) is 11.8 Å². The Balaban J connectivity index is 1.49. The minimum absolute atomic E-state index is 0.192. The normalized spacial score (nSPS) is 22.1. The molecule has 3 heterocycles. The fourth-order valence-electron chi connectivity index (χ4n) is 3.45. The van der Waals surface area contributed by atoms with Crippen molar-refractivity contribution in [2.24, 2.45) is 0 Å². The van der Waals surface area contributed by atoms with Crippen molar-refractivity contribution >= 4 is 46.7 Å². The zero-order valence-corrected chi connectivity index (χ0v) is 16.0. The standard InChI is InChI=1S/C17H16ClN5O3S/c1-9-14(27-21-20-9)15(24)19-11-6-7-22-13(8-11)16(25)23(17(22)26)12-4-2-10(18)3-5-12/h2-5,11,13H,6-8H2,1H3,(H,19,24)/t11-,13+/m1/s1. The molecule has 2 atom stereocenters. The lowest BCUT2D eigenvalue weighted by atomic mass is 9.98. The molecule has 2 aliphatic heterocycles. The van der Waals surface area contributed by atoms with Crippen LogP contribution in [0.15, 0.2) is 24.3 Å². The molecule has 0 saturated carbocycles. The Kier molecular flexibility index (Phi) is 4.56. The van der Waals surface area contributed by atoms with Crippen molar-refractivity contribution in [3.8, 4) is 0 Å². The second-order valence-electron chi connectivity index (χ2n) is 6.52. The molecule has 2 aliphatic rings. The quantitative estimate of drug-likeness (QED) is 0.790. The average molecular weight is 406 g/mol. The monoisotopic (exact) mass is 405 g/mol. The fourth-order valence-corrected chi connectivity index (χ4v) is 4.14. The molecule has 2 fully saturated rings. The van der Waals surface area contributed by atoms with Crippen molar-refractivity contribution < 1.29 is 14.4 Å². The molecule has 0 unspecified atom stereocenters. The molecule has 4 amide bonds. The SMILES string of the molecule is Cc1nnsc1C(=O)N[C@@H]1CCN2C(=O)N(c3ccc(Cl)cc3)C(=O)[C@@H]2C1. The van der Waals surface area contributed by atoms with E-state index in [0.29, 0.717) is 40.7 Å². The molecule has 2 aromatic rings. The highest BCUT2D eigenvalue weighted by molar-refractivity contribution is 7.08. The van der Waals surface area contributed by atoms with Crippen molar-refractivity contribution in [1.82, 2.24) is 19.8 Å². The fraction of sp³-hybridized carbons (Fsp3) is 0.353. The molecule has 140 valence electrons. The maximum Gasteiger partial charge on any atom is 0.332 e. The van der Waals surface area contributed by atoms with E-state index in [9.17, 15) is 14.4 Å². The number of imide groups is 1. The first-order valence-corrected chi connectivity index (χ1v) is 9.61. The number of amides is 4. The van der Waals surface area contributed by atoms with E-state index in [-0.39, 0.29) is 23.9 Å². The Labute approximate surface area is 164 Å². The minimum atomic E-state index is -0.576. The van der Waals surface area contributed by atoms with Gasteiger partial charge in [-0.1, -0.05) is 16.1 Å². The van der Waals surface area contributed by atoms with Crippen LogP contribution in [0.25, 0.3) is 0 Å². The molecule has 8 nitrogen and oxygen atoms in total. The smallest absolute Gasteiger partial charge is 0.332 e. The number of aromatic nitrogens is 2. The number of carbonyl (C=O) groups is 3. The molecular weight excluding hydrogens is 390 g/mol. The first kappa shape index (κ1) is 17.9. The van der Waals surface area contributed by atoms with Gasteiger partial charge < -0.3 is 10.2 Å². The number of fused-ring (bicyclic) bond motifs is 1. The molecule has 4 rings (SSSR count). The minimum Gasteiger partial charge on any atom is -0.348 e. The first-order valence-electron chi connectivity index (χ1n) is 8.45. The van der Waals surface area contributed by atoms with Crippen LogP contribution in [0, 0.1) is 6.92 Å². The predicted octanol–water partition coefficient (Wildman–Crippen LogP) is 2.23. The summed E-state index contributed by atoms with van der Waals surface area (Å²) in [6.45, 7) is 2.13. The van der Waals surface area contributed by atoms with E-state index in [1.54, 1.807) is 36.1 Å². The summed E-state index contributed by atoms with van der Waals surface area (Å²) < 4.78 is 3.77. The summed E-state index contributed by atoms with van der Waals surface area (Å²) in [5, 5.41) is 7.31. The summed E-state index contributed by atoms with van der Waals surface area (Å²) in [4.78, 5) is 41.1. The number of hydrogen-bond acceptors (Lipinski definition) is 6. The Morgan fingerprint density at radius 3 is 2.70 bits per heavy atom. The molecule has 10 heteroatoms. The largest absolute Gasteiger partial charge is 0.348 e. The zero-order chi connectivity index (χ0) is 19.1. The summed E-state index contributed by atoms with van der Waals surface area (Å²) in [5.41, 5.74) is 1.08. The number of rotatable bonds is 3. The van der Waals surface area contributed by atoms with Crippen LogP contribution in [0.1, 0.15) is 28.2 Å². The van der Waals surface area contributed by atoms with Crippen LogP contribution in [-0.4, -0.2) is 51.0 Å². The number of benzene rings is 1. The van der Waals surface area contributed by atoms with Crippen LogP contribution in [0.5, 0.6) is 0 Å². The number of piperidine rings is 1. The summed E-state index contributed by atoms with van der Waals surface area (Å²) in [5.74, 6) is -0.524. The van der Waals surface area contributed by atoms with Gasteiger partial charge in [-0.15, -0.1) is 5.10 Å². The molecule has 27 heavy (non-hydrogen) atoms. The highest BCUT2D eigenvalue weighted by atomic mass is 35.5. The Bertz CT molecular complexity index is 916. The van der Waals surface area contributed by atoms with Gasteiger partial charge in [0.05, 0.1) is 11.4 Å². The number of halogens is 1. The summed E-state index contributed by atoms with van der Waals surface area (Å²) in [6.07, 6.45) is 0.965. The van der Waals surface area contributed by atoms with Gasteiger partial charge in [-0.05, 0) is 55.6 Å². The van der Waals surface area contributed by atoms with Crippen LogP contribution in [0.4, 0.5) is 10.5 Å². The van der Waals surface area contributed by atoms with Crippen LogP contribution >= 0.6 is 23.1 Å². The van der Waals surface area contributed by atoms with Gasteiger partial charge >= 0.3 is 6.03 Å². The molecule has 1 N–H and O–H groups in total. The summed E-state index contributed by atoms with van der Waals surface area (Å²) >= 11 is 6.93. The molecule has 2 saturated heterocycles.